The van der Waals surface area contributed by atoms with Crippen molar-refractivity contribution < 1.29 is 117 Å². The molecule has 0 atom stereocenters. The molecule has 0 saturated heterocycles. The number of pyridine rings is 2. The van der Waals surface area contributed by atoms with Crippen molar-refractivity contribution in [3.63, 3.8) is 0 Å². The van der Waals surface area contributed by atoms with Gasteiger partial charge < -0.3 is 35.8 Å². The maximum atomic E-state index is 12.5. The fourth-order valence-corrected chi connectivity index (χ4v) is 3.98. The molecule has 0 aliphatic rings. The minimum atomic E-state index is -4.48. The molecule has 2 radical (unpaired) electrons. The molecule has 286 valence electrons. The standard InChI is InChI=1S/C15H12ClF3N2O.C8H8ClF3N2.C7H5ClO.C2H4O2.2CH3.2Y/c16-12-8-11(15(17,18)19)9-21-13(12)6-7-20-14(22)10-4-2-1-3-5-10;9-6-3-5(8(10,11)12)4-14-7(6)1-2-13;8-7(9)6-4-2-1-3-5-6;1-2(3)4;;;;/h1-5,8-9H,6-7H2,(H,20,22);3-4H,1-2,13H2;1-5H;1H3,(H,3,4);2*1H3;;/q;;;;2*-1;;. The van der Waals surface area contributed by atoms with Crippen molar-refractivity contribution in [3.05, 3.63) is 144 Å². The van der Waals surface area contributed by atoms with E-state index in [0.717, 1.165) is 31.5 Å². The average Bonchev–Trinajstić information content (AvgIpc) is 3.03. The van der Waals surface area contributed by atoms with Gasteiger partial charge in [-0.25, -0.2) is 0 Å². The van der Waals surface area contributed by atoms with E-state index in [-0.39, 0.29) is 109 Å². The Bertz CT molecular complexity index is 1660. The van der Waals surface area contributed by atoms with Gasteiger partial charge in [0.15, 0.2) is 0 Å². The van der Waals surface area contributed by atoms with Crippen LogP contribution in [0.4, 0.5) is 26.3 Å². The Labute approximate surface area is 369 Å². The number of alkyl halides is 6. The number of aromatic nitrogens is 2. The molecule has 0 spiro atoms. The van der Waals surface area contributed by atoms with E-state index in [1.54, 1.807) is 54.6 Å². The largest absolute Gasteiger partial charge is 0.550 e. The number of carbonyl (C=O) groups excluding carboxylic acids is 3. The number of carboxylic acid groups (broad SMARTS) is 1. The van der Waals surface area contributed by atoms with Gasteiger partial charge in [-0.2, -0.15) is 26.3 Å². The Balaban J connectivity index is -0.000000335. The van der Waals surface area contributed by atoms with Crippen LogP contribution < -0.4 is 16.2 Å². The van der Waals surface area contributed by atoms with Crippen LogP contribution in [0.3, 0.4) is 0 Å². The number of rotatable bonds is 7. The Kier molecular flexibility index (Phi) is 31.9. The van der Waals surface area contributed by atoms with Gasteiger partial charge in [-0.15, -0.1) is 0 Å². The van der Waals surface area contributed by atoms with Gasteiger partial charge in [-0.3, -0.25) is 19.6 Å². The summed E-state index contributed by atoms with van der Waals surface area (Å²) in [5.41, 5.74) is 3.67. The van der Waals surface area contributed by atoms with Crippen molar-refractivity contribution in [3.8, 4) is 0 Å². The second-order valence-electron chi connectivity index (χ2n) is 9.41. The van der Waals surface area contributed by atoms with Gasteiger partial charge >= 0.3 is 12.4 Å². The Morgan fingerprint density at radius 1 is 0.736 bits per heavy atom. The molecule has 0 aliphatic heterocycles. The third kappa shape index (κ3) is 24.2. The number of carboxylic acids is 1. The van der Waals surface area contributed by atoms with Crippen LogP contribution in [-0.4, -0.2) is 40.2 Å². The summed E-state index contributed by atoms with van der Waals surface area (Å²) in [6.45, 7) is 1.75. The number of benzene rings is 2. The number of carbonyl (C=O) groups is 3. The van der Waals surface area contributed by atoms with Crippen molar-refractivity contribution in [1.29, 1.82) is 0 Å². The normalized spacial score (nSPS) is 9.79. The summed E-state index contributed by atoms with van der Waals surface area (Å²) in [4.78, 5) is 38.4. The van der Waals surface area contributed by atoms with Gasteiger partial charge in [0.05, 0.1) is 39.1 Å². The second kappa shape index (κ2) is 29.3. The summed E-state index contributed by atoms with van der Waals surface area (Å²) in [5, 5.41) is 11.1. The molecule has 0 fully saturated rings. The zero-order valence-corrected chi connectivity index (χ0v) is 36.6. The van der Waals surface area contributed by atoms with Gasteiger partial charge in [0.25, 0.3) is 11.1 Å². The molecule has 2 aromatic carbocycles. The van der Waals surface area contributed by atoms with Gasteiger partial charge in [0.2, 0.25) is 0 Å². The monoisotopic (exact) mass is 960 g/mol. The fraction of sp³-hybridized carbons (Fsp3) is 0.206. The predicted molar refractivity (Wildman–Crippen MR) is 183 cm³/mol. The molecule has 1 amide bonds. The van der Waals surface area contributed by atoms with Crippen molar-refractivity contribution in [2.75, 3.05) is 13.1 Å². The zero-order chi connectivity index (χ0) is 37.2. The molecular formula is C34H35Cl3F6N4O4Y2-2. The first kappa shape index (κ1) is 57.7. The average molecular weight is 962 g/mol. The van der Waals surface area contributed by atoms with Crippen LogP contribution in [0.5, 0.6) is 0 Å². The van der Waals surface area contributed by atoms with Crippen molar-refractivity contribution >= 4 is 51.9 Å². The third-order valence-electron chi connectivity index (χ3n) is 5.59. The van der Waals surface area contributed by atoms with Gasteiger partial charge in [0.1, 0.15) is 0 Å². The molecular weight excluding hydrogens is 927 g/mol. The number of hydrogen-bond acceptors (Lipinski definition) is 6. The summed E-state index contributed by atoms with van der Waals surface area (Å²) in [6.07, 6.45) is -6.61. The number of nitrogens with zero attached hydrogens (tertiary/aromatic N) is 2. The maximum Gasteiger partial charge on any atom is 0.417 e. The van der Waals surface area contributed by atoms with Gasteiger partial charge in [-0.1, -0.05) is 71.7 Å². The topological polar surface area (TPSA) is 140 Å². The minimum Gasteiger partial charge on any atom is -0.550 e. The minimum absolute atomic E-state index is 0. The number of hydrogen-bond donors (Lipinski definition) is 2. The maximum absolute atomic E-state index is 12.5. The number of quaternary nitrogens is 1. The Morgan fingerprint density at radius 3 is 1.40 bits per heavy atom. The van der Waals surface area contributed by atoms with Crippen LogP contribution in [0.1, 0.15) is 50.2 Å². The zero-order valence-electron chi connectivity index (χ0n) is 28.7. The summed E-state index contributed by atoms with van der Waals surface area (Å²) >= 11 is 16.6. The van der Waals surface area contributed by atoms with E-state index in [1.165, 1.54) is 0 Å². The SMILES string of the molecule is CC(=O)[O-].O=C(Cl)c1ccccc1.O=C(NCCc1ncc(C(F)(F)F)cc1Cl)c1ccccc1.[CH3-].[CH3-].[NH3+]CCc1ncc(C(F)(F)F)cc1Cl.[Y].[Y]. The van der Waals surface area contributed by atoms with Crippen LogP contribution in [0.15, 0.2) is 85.2 Å². The fourth-order valence-electron chi connectivity index (χ4n) is 3.33. The van der Waals surface area contributed by atoms with Crippen LogP contribution in [-0.2, 0) is 95.4 Å². The van der Waals surface area contributed by atoms with Gasteiger partial charge in [-0.05, 0) is 42.8 Å². The van der Waals surface area contributed by atoms with E-state index in [2.05, 4.69) is 21.0 Å². The summed E-state index contributed by atoms with van der Waals surface area (Å²) < 4.78 is 74.0. The molecule has 4 rings (SSSR count). The molecule has 19 heteroatoms. The summed E-state index contributed by atoms with van der Waals surface area (Å²) in [7, 11) is 0. The number of halogens is 9. The molecule has 53 heavy (non-hydrogen) atoms. The smallest absolute Gasteiger partial charge is 0.417 e. The first-order valence-corrected chi connectivity index (χ1v) is 15.0. The molecule has 2 aromatic heterocycles. The first-order valence-electron chi connectivity index (χ1n) is 13.8. The molecule has 0 saturated carbocycles. The number of aliphatic carboxylic acids is 1. The van der Waals surface area contributed by atoms with Crippen LogP contribution >= 0.6 is 34.8 Å². The molecule has 0 unspecified atom stereocenters. The molecule has 4 N–H and O–H groups in total. The second-order valence-corrected chi connectivity index (χ2v) is 10.6. The van der Waals surface area contributed by atoms with E-state index < -0.39 is 34.7 Å². The predicted octanol–water partition coefficient (Wildman–Crippen LogP) is 6.98. The molecule has 0 aliphatic carbocycles. The molecule has 2 heterocycles. The van der Waals surface area contributed by atoms with E-state index in [9.17, 15) is 35.9 Å². The molecule has 4 aromatic rings. The molecule has 0 bridgehead atoms. The quantitative estimate of drug-likeness (QED) is 0.117. The number of amides is 1. The first-order chi connectivity index (χ1) is 22.9. The van der Waals surface area contributed by atoms with E-state index in [4.69, 9.17) is 44.7 Å². The summed E-state index contributed by atoms with van der Waals surface area (Å²) in [6, 6.07) is 19.1. The van der Waals surface area contributed by atoms with Crippen LogP contribution in [0.25, 0.3) is 0 Å². The van der Waals surface area contributed by atoms with Crippen molar-refractivity contribution in [2.45, 2.75) is 32.1 Å². The Hall–Kier alpha value is -2.03. The van der Waals surface area contributed by atoms with Crippen LogP contribution in [0.2, 0.25) is 10.0 Å². The van der Waals surface area contributed by atoms with E-state index in [1.807, 2.05) is 6.07 Å². The van der Waals surface area contributed by atoms with Crippen LogP contribution in [0, 0.1) is 14.9 Å². The van der Waals surface area contributed by atoms with E-state index in [0.29, 0.717) is 35.5 Å². The van der Waals surface area contributed by atoms with Crippen molar-refractivity contribution in [1.82, 2.24) is 15.3 Å². The third-order valence-corrected chi connectivity index (χ3v) is 6.46. The van der Waals surface area contributed by atoms with Gasteiger partial charge in [0, 0.05) is 114 Å². The molecule has 8 nitrogen and oxygen atoms in total. The van der Waals surface area contributed by atoms with Crippen molar-refractivity contribution in [2.24, 2.45) is 0 Å². The van der Waals surface area contributed by atoms with E-state index >= 15 is 0 Å². The number of nitrogens with one attached hydrogen (secondary N) is 1. The summed E-state index contributed by atoms with van der Waals surface area (Å²) in [5.74, 6) is -1.34. The Morgan fingerprint density at radius 2 is 1.09 bits per heavy atom.